The zero-order chi connectivity index (χ0) is 19.4. The number of pyridine rings is 1. The Kier molecular flexibility index (Phi) is 5.40. The summed E-state index contributed by atoms with van der Waals surface area (Å²) in [5.41, 5.74) is 2.74. The first-order valence-electron chi connectivity index (χ1n) is 8.59. The second-order valence-corrected chi connectivity index (χ2v) is 6.34. The van der Waals surface area contributed by atoms with Crippen molar-refractivity contribution in [2.75, 3.05) is 12.4 Å². The van der Waals surface area contributed by atoms with E-state index in [0.717, 1.165) is 11.1 Å². The highest BCUT2D eigenvalue weighted by Gasteiger charge is 2.19. The summed E-state index contributed by atoms with van der Waals surface area (Å²) in [6.07, 6.45) is 4.52. The van der Waals surface area contributed by atoms with Crippen LogP contribution in [0.2, 0.25) is 0 Å². The van der Waals surface area contributed by atoms with E-state index in [2.05, 4.69) is 15.6 Å². The Bertz CT molecular complexity index is 895. The SMILES string of the molecule is COc1cnc2c(c1)NC(=O)[C@H](C)C=CC[C@H](NC(=O)O)c1cccc-2c1. The molecule has 2 amide bonds. The quantitative estimate of drug-likeness (QED) is 0.704. The van der Waals surface area contributed by atoms with Gasteiger partial charge in [0.25, 0.3) is 0 Å². The molecule has 140 valence electrons. The Balaban J connectivity index is 2.14. The number of hydrogen-bond acceptors (Lipinski definition) is 4. The molecule has 1 aromatic heterocycles. The van der Waals surface area contributed by atoms with Gasteiger partial charge in [-0.05, 0) is 18.1 Å². The van der Waals surface area contributed by atoms with Crippen LogP contribution >= 0.6 is 0 Å². The van der Waals surface area contributed by atoms with Gasteiger partial charge in [0.15, 0.2) is 0 Å². The number of hydrogen-bond donors (Lipinski definition) is 3. The fourth-order valence-electron chi connectivity index (χ4n) is 2.97. The number of benzene rings is 1. The van der Waals surface area contributed by atoms with E-state index in [1.165, 1.54) is 7.11 Å². The van der Waals surface area contributed by atoms with E-state index in [4.69, 9.17) is 9.84 Å². The van der Waals surface area contributed by atoms with Crippen molar-refractivity contribution in [3.63, 3.8) is 0 Å². The van der Waals surface area contributed by atoms with E-state index < -0.39 is 12.1 Å². The van der Waals surface area contributed by atoms with Crippen molar-refractivity contribution in [2.45, 2.75) is 19.4 Å². The third kappa shape index (κ3) is 4.25. The third-order valence-corrected chi connectivity index (χ3v) is 4.43. The molecule has 7 nitrogen and oxygen atoms in total. The Labute approximate surface area is 157 Å². The number of rotatable bonds is 2. The molecular formula is C20H21N3O4. The van der Waals surface area contributed by atoms with Crippen molar-refractivity contribution >= 4 is 17.7 Å². The largest absolute Gasteiger partial charge is 0.495 e. The van der Waals surface area contributed by atoms with E-state index in [9.17, 15) is 9.59 Å². The summed E-state index contributed by atoms with van der Waals surface area (Å²) in [5.74, 6) is -0.0276. The number of aromatic nitrogens is 1. The predicted octanol–water partition coefficient (Wildman–Crippen LogP) is 3.60. The first-order valence-corrected chi connectivity index (χ1v) is 8.59. The average molecular weight is 367 g/mol. The molecule has 0 saturated heterocycles. The Morgan fingerprint density at radius 3 is 2.93 bits per heavy atom. The summed E-state index contributed by atoms with van der Waals surface area (Å²) in [6, 6.07) is 8.77. The van der Waals surface area contributed by atoms with E-state index >= 15 is 0 Å². The van der Waals surface area contributed by atoms with Gasteiger partial charge in [-0.2, -0.15) is 0 Å². The third-order valence-electron chi connectivity index (χ3n) is 4.43. The van der Waals surface area contributed by atoms with Gasteiger partial charge in [0.1, 0.15) is 5.75 Å². The second kappa shape index (κ2) is 7.90. The molecule has 2 heterocycles. The van der Waals surface area contributed by atoms with Gasteiger partial charge in [0, 0.05) is 11.6 Å². The molecule has 1 aromatic carbocycles. The molecule has 2 atom stereocenters. The highest BCUT2D eigenvalue weighted by atomic mass is 16.5. The number of ether oxygens (including phenoxy) is 1. The van der Waals surface area contributed by atoms with Crippen molar-refractivity contribution in [1.29, 1.82) is 0 Å². The number of methoxy groups -OCH3 is 1. The molecule has 0 fully saturated rings. The lowest BCUT2D eigenvalue weighted by atomic mass is 9.97. The minimum Gasteiger partial charge on any atom is -0.495 e. The lowest BCUT2D eigenvalue weighted by Crippen LogP contribution is -2.26. The molecule has 1 aliphatic rings. The van der Waals surface area contributed by atoms with E-state index in [-0.39, 0.29) is 11.8 Å². The minimum atomic E-state index is -1.10. The molecular weight excluding hydrogens is 346 g/mol. The van der Waals surface area contributed by atoms with Gasteiger partial charge < -0.3 is 20.5 Å². The van der Waals surface area contributed by atoms with Gasteiger partial charge in [0.05, 0.1) is 36.6 Å². The number of nitrogens with one attached hydrogen (secondary N) is 2. The van der Waals surface area contributed by atoms with Gasteiger partial charge in [-0.15, -0.1) is 0 Å². The smallest absolute Gasteiger partial charge is 0.405 e. The molecule has 27 heavy (non-hydrogen) atoms. The highest BCUT2D eigenvalue weighted by molar-refractivity contribution is 5.97. The van der Waals surface area contributed by atoms with Crippen LogP contribution in [-0.2, 0) is 4.79 Å². The van der Waals surface area contributed by atoms with E-state index in [1.807, 2.05) is 30.3 Å². The molecule has 3 N–H and O–H groups in total. The standard InChI is InChI=1S/C20H21N3O4/c1-12-5-3-8-16(23-20(25)26)13-6-4-7-14(9-13)18-17(22-19(12)24)10-15(27-2)11-21-18/h3-7,9-12,16,23H,8H2,1-2H3,(H,22,24)(H,25,26)/t12-,16+/m1/s1. The zero-order valence-corrected chi connectivity index (χ0v) is 15.1. The van der Waals surface area contributed by atoms with Crippen molar-refractivity contribution in [2.24, 2.45) is 5.92 Å². The molecule has 0 aliphatic carbocycles. The van der Waals surface area contributed by atoms with Crippen molar-refractivity contribution in [1.82, 2.24) is 10.3 Å². The highest BCUT2D eigenvalue weighted by Crippen LogP contribution is 2.32. The van der Waals surface area contributed by atoms with Crippen LogP contribution in [-0.4, -0.2) is 29.2 Å². The van der Waals surface area contributed by atoms with Crippen molar-refractivity contribution < 1.29 is 19.4 Å². The summed E-state index contributed by atoms with van der Waals surface area (Å²) in [5, 5.41) is 14.6. The zero-order valence-electron chi connectivity index (χ0n) is 15.1. The fraction of sp³-hybridized carbons (Fsp3) is 0.250. The topological polar surface area (TPSA) is 101 Å². The molecule has 1 aliphatic heterocycles. The van der Waals surface area contributed by atoms with Crippen molar-refractivity contribution in [3.05, 3.63) is 54.2 Å². The minimum absolute atomic E-state index is 0.179. The van der Waals surface area contributed by atoms with Crippen molar-refractivity contribution in [3.8, 4) is 17.0 Å². The summed E-state index contributed by atoms with van der Waals surface area (Å²) < 4.78 is 5.23. The van der Waals surface area contributed by atoms with Gasteiger partial charge in [-0.3, -0.25) is 9.78 Å². The maximum absolute atomic E-state index is 12.5. The lowest BCUT2D eigenvalue weighted by molar-refractivity contribution is -0.118. The normalized spacial score (nSPS) is 19.1. The molecule has 2 bridgehead atoms. The molecule has 0 unspecified atom stereocenters. The lowest BCUT2D eigenvalue weighted by Gasteiger charge is -2.19. The fourth-order valence-corrected chi connectivity index (χ4v) is 2.97. The van der Waals surface area contributed by atoms with Crippen LogP contribution in [0.1, 0.15) is 24.9 Å². The first-order chi connectivity index (χ1) is 13.0. The number of carbonyl (C=O) groups is 2. The Morgan fingerprint density at radius 1 is 1.37 bits per heavy atom. The Hall–Kier alpha value is -3.35. The molecule has 2 aromatic rings. The number of anilines is 1. The number of carboxylic acid groups (broad SMARTS) is 1. The average Bonchev–Trinajstić information content (AvgIpc) is 2.66. The number of nitrogens with zero attached hydrogens (tertiary/aromatic N) is 1. The van der Waals surface area contributed by atoms with Crippen LogP contribution in [0, 0.1) is 5.92 Å². The van der Waals surface area contributed by atoms with Gasteiger partial charge >= 0.3 is 6.09 Å². The summed E-state index contributed by atoms with van der Waals surface area (Å²) in [4.78, 5) is 28.2. The number of fused-ring (bicyclic) bond motifs is 4. The maximum Gasteiger partial charge on any atom is 0.405 e. The molecule has 0 spiro atoms. The van der Waals surface area contributed by atoms with Crippen LogP contribution in [0.3, 0.4) is 0 Å². The Morgan fingerprint density at radius 2 is 2.19 bits per heavy atom. The van der Waals surface area contributed by atoms with Crippen LogP contribution in [0.5, 0.6) is 5.75 Å². The summed E-state index contributed by atoms with van der Waals surface area (Å²) in [6.45, 7) is 1.78. The van der Waals surface area contributed by atoms with Crippen LogP contribution < -0.4 is 15.4 Å². The summed E-state index contributed by atoms with van der Waals surface area (Å²) >= 11 is 0. The van der Waals surface area contributed by atoms with E-state index in [0.29, 0.717) is 23.6 Å². The van der Waals surface area contributed by atoms with Gasteiger partial charge in [0.2, 0.25) is 5.91 Å². The van der Waals surface area contributed by atoms with E-state index in [1.54, 1.807) is 25.3 Å². The van der Waals surface area contributed by atoms with Crippen LogP contribution in [0.25, 0.3) is 11.3 Å². The first kappa shape index (κ1) is 18.4. The second-order valence-electron chi connectivity index (χ2n) is 6.34. The number of amides is 2. The maximum atomic E-state index is 12.5. The van der Waals surface area contributed by atoms with Crippen LogP contribution in [0.15, 0.2) is 48.7 Å². The molecule has 7 heteroatoms. The van der Waals surface area contributed by atoms with Gasteiger partial charge in [-0.1, -0.05) is 37.3 Å². The summed E-state index contributed by atoms with van der Waals surface area (Å²) in [7, 11) is 1.54. The molecule has 3 rings (SSSR count). The van der Waals surface area contributed by atoms with Gasteiger partial charge in [-0.25, -0.2) is 4.79 Å². The number of carbonyl (C=O) groups excluding carboxylic acids is 1. The monoisotopic (exact) mass is 367 g/mol. The molecule has 0 saturated carbocycles. The predicted molar refractivity (Wildman–Crippen MR) is 102 cm³/mol. The van der Waals surface area contributed by atoms with Crippen LogP contribution in [0.4, 0.5) is 10.5 Å². The molecule has 0 radical (unpaired) electrons.